The van der Waals surface area contributed by atoms with Gasteiger partial charge < -0.3 is 15.0 Å². The number of likely N-dealkylation sites (tertiary alicyclic amines) is 1. The Balaban J connectivity index is 2.34. The summed E-state index contributed by atoms with van der Waals surface area (Å²) in [5, 5.41) is 3.74. The number of methoxy groups -OCH3 is 1. The lowest BCUT2D eigenvalue weighted by Crippen LogP contribution is -2.47. The molecular weight excluding hydrogens is 236 g/mol. The smallest absolute Gasteiger partial charge is 0.0491 e. The molecule has 1 aliphatic heterocycles. The molecule has 114 valence electrons. The maximum atomic E-state index is 5.28. The summed E-state index contributed by atoms with van der Waals surface area (Å²) in [6.45, 7) is 12.7. The van der Waals surface area contributed by atoms with Crippen molar-refractivity contribution in [2.75, 3.05) is 39.9 Å². The average Bonchev–Trinajstić information content (AvgIpc) is 2.44. The number of rotatable bonds is 9. The van der Waals surface area contributed by atoms with Crippen molar-refractivity contribution in [1.82, 2.24) is 10.2 Å². The van der Waals surface area contributed by atoms with Gasteiger partial charge >= 0.3 is 0 Å². The second-order valence-electron chi connectivity index (χ2n) is 6.15. The quantitative estimate of drug-likeness (QED) is 0.697. The van der Waals surface area contributed by atoms with E-state index in [1.807, 2.05) is 7.11 Å². The monoisotopic (exact) mass is 270 g/mol. The minimum Gasteiger partial charge on any atom is -0.384 e. The van der Waals surface area contributed by atoms with Crippen molar-refractivity contribution < 1.29 is 4.74 Å². The molecule has 1 aliphatic rings. The summed E-state index contributed by atoms with van der Waals surface area (Å²) in [4.78, 5) is 2.64. The third-order valence-corrected chi connectivity index (χ3v) is 4.55. The molecule has 3 nitrogen and oxygen atoms in total. The summed E-state index contributed by atoms with van der Waals surface area (Å²) in [6.07, 6.45) is 5.09. The standard InChI is InChI=1S/C16H34N2O/c1-5-9-17-16(14(3)6-2)12-18-10-7-15(8-11-18)13-19-4/h14-17H,5-13H2,1-4H3. The number of ether oxygens (including phenoxy) is 1. The van der Waals surface area contributed by atoms with Gasteiger partial charge in [-0.1, -0.05) is 27.2 Å². The first kappa shape index (κ1) is 16.9. The minimum atomic E-state index is 0.656. The van der Waals surface area contributed by atoms with E-state index < -0.39 is 0 Å². The predicted molar refractivity (Wildman–Crippen MR) is 82.6 cm³/mol. The Kier molecular flexibility index (Phi) is 8.67. The first-order chi connectivity index (χ1) is 9.21. The van der Waals surface area contributed by atoms with Crippen LogP contribution in [0.25, 0.3) is 0 Å². The third-order valence-electron chi connectivity index (χ3n) is 4.55. The molecule has 0 aliphatic carbocycles. The maximum absolute atomic E-state index is 5.28. The van der Waals surface area contributed by atoms with Crippen molar-refractivity contribution in [2.24, 2.45) is 11.8 Å². The van der Waals surface area contributed by atoms with Crippen molar-refractivity contribution in [2.45, 2.75) is 52.5 Å². The highest BCUT2D eigenvalue weighted by Crippen LogP contribution is 2.19. The summed E-state index contributed by atoms with van der Waals surface area (Å²) >= 11 is 0. The van der Waals surface area contributed by atoms with E-state index in [9.17, 15) is 0 Å². The number of nitrogens with one attached hydrogen (secondary N) is 1. The number of nitrogens with zero attached hydrogens (tertiary/aromatic N) is 1. The average molecular weight is 270 g/mol. The lowest BCUT2D eigenvalue weighted by molar-refractivity contribution is 0.0913. The van der Waals surface area contributed by atoms with Gasteiger partial charge in [0, 0.05) is 26.3 Å². The fourth-order valence-electron chi connectivity index (χ4n) is 2.91. The van der Waals surface area contributed by atoms with E-state index in [0.29, 0.717) is 6.04 Å². The Morgan fingerprint density at radius 3 is 2.47 bits per heavy atom. The number of hydrogen-bond acceptors (Lipinski definition) is 3. The Bertz CT molecular complexity index is 215. The van der Waals surface area contributed by atoms with Crippen LogP contribution in [0, 0.1) is 11.8 Å². The Morgan fingerprint density at radius 2 is 1.95 bits per heavy atom. The fraction of sp³-hybridized carbons (Fsp3) is 1.00. The molecule has 0 spiro atoms. The van der Waals surface area contributed by atoms with E-state index in [1.165, 1.54) is 45.3 Å². The lowest BCUT2D eigenvalue weighted by atomic mass is 9.94. The van der Waals surface area contributed by atoms with Gasteiger partial charge in [-0.25, -0.2) is 0 Å². The summed E-state index contributed by atoms with van der Waals surface area (Å²) < 4.78 is 5.28. The van der Waals surface area contributed by atoms with E-state index in [0.717, 1.165) is 25.0 Å². The SMILES string of the molecule is CCCNC(CN1CCC(COC)CC1)C(C)CC. The fourth-order valence-corrected chi connectivity index (χ4v) is 2.91. The molecule has 2 atom stereocenters. The van der Waals surface area contributed by atoms with Crippen LogP contribution in [-0.4, -0.2) is 50.8 Å². The van der Waals surface area contributed by atoms with Gasteiger partial charge in [0.15, 0.2) is 0 Å². The van der Waals surface area contributed by atoms with Gasteiger partial charge in [-0.05, 0) is 50.7 Å². The van der Waals surface area contributed by atoms with Gasteiger partial charge in [0.25, 0.3) is 0 Å². The minimum absolute atomic E-state index is 0.656. The molecule has 1 N–H and O–H groups in total. The molecule has 19 heavy (non-hydrogen) atoms. The summed E-state index contributed by atoms with van der Waals surface area (Å²) in [6, 6.07) is 0.656. The first-order valence-electron chi connectivity index (χ1n) is 8.15. The number of hydrogen-bond donors (Lipinski definition) is 1. The van der Waals surface area contributed by atoms with Crippen LogP contribution in [0.4, 0.5) is 0 Å². The molecule has 1 rings (SSSR count). The highest BCUT2D eigenvalue weighted by Gasteiger charge is 2.23. The second-order valence-corrected chi connectivity index (χ2v) is 6.15. The zero-order valence-electron chi connectivity index (χ0n) is 13.5. The molecule has 0 bridgehead atoms. The van der Waals surface area contributed by atoms with Crippen LogP contribution in [-0.2, 0) is 4.74 Å². The predicted octanol–water partition coefficient (Wildman–Crippen LogP) is 2.76. The molecule has 0 aromatic heterocycles. The van der Waals surface area contributed by atoms with Crippen LogP contribution in [0.5, 0.6) is 0 Å². The van der Waals surface area contributed by atoms with Crippen LogP contribution < -0.4 is 5.32 Å². The van der Waals surface area contributed by atoms with E-state index in [4.69, 9.17) is 4.74 Å². The molecule has 0 aromatic rings. The van der Waals surface area contributed by atoms with Crippen LogP contribution in [0.1, 0.15) is 46.5 Å². The van der Waals surface area contributed by atoms with Crippen molar-refractivity contribution in [3.8, 4) is 0 Å². The highest BCUT2D eigenvalue weighted by molar-refractivity contribution is 4.80. The highest BCUT2D eigenvalue weighted by atomic mass is 16.5. The number of piperidine rings is 1. The van der Waals surface area contributed by atoms with Crippen LogP contribution in [0.15, 0.2) is 0 Å². The third kappa shape index (κ3) is 6.24. The van der Waals surface area contributed by atoms with Crippen LogP contribution in [0.2, 0.25) is 0 Å². The van der Waals surface area contributed by atoms with Crippen molar-refractivity contribution in [3.63, 3.8) is 0 Å². The molecule has 1 saturated heterocycles. The van der Waals surface area contributed by atoms with Gasteiger partial charge in [0.05, 0.1) is 0 Å². The molecule has 0 radical (unpaired) electrons. The van der Waals surface area contributed by atoms with Crippen molar-refractivity contribution >= 4 is 0 Å². The van der Waals surface area contributed by atoms with Gasteiger partial charge in [-0.3, -0.25) is 0 Å². The molecule has 1 fully saturated rings. The molecule has 0 amide bonds. The van der Waals surface area contributed by atoms with Gasteiger partial charge in [0.1, 0.15) is 0 Å². The normalized spacial score (nSPS) is 21.5. The van der Waals surface area contributed by atoms with Gasteiger partial charge in [-0.2, -0.15) is 0 Å². The zero-order valence-corrected chi connectivity index (χ0v) is 13.5. The van der Waals surface area contributed by atoms with E-state index >= 15 is 0 Å². The maximum Gasteiger partial charge on any atom is 0.0491 e. The van der Waals surface area contributed by atoms with Crippen LogP contribution in [0.3, 0.4) is 0 Å². The van der Waals surface area contributed by atoms with Crippen molar-refractivity contribution in [3.05, 3.63) is 0 Å². The Labute approximate surface area is 120 Å². The molecule has 0 saturated carbocycles. The van der Waals surface area contributed by atoms with E-state index in [1.54, 1.807) is 0 Å². The van der Waals surface area contributed by atoms with Gasteiger partial charge in [0.2, 0.25) is 0 Å². The Morgan fingerprint density at radius 1 is 1.26 bits per heavy atom. The molecular formula is C16H34N2O. The molecule has 1 heterocycles. The molecule has 3 heteroatoms. The topological polar surface area (TPSA) is 24.5 Å². The lowest BCUT2D eigenvalue weighted by Gasteiger charge is -2.36. The summed E-state index contributed by atoms with van der Waals surface area (Å²) in [5.41, 5.74) is 0. The zero-order chi connectivity index (χ0) is 14.1. The van der Waals surface area contributed by atoms with E-state index in [-0.39, 0.29) is 0 Å². The first-order valence-corrected chi connectivity index (χ1v) is 8.15. The molecule has 2 unspecified atom stereocenters. The molecule has 0 aromatic carbocycles. The van der Waals surface area contributed by atoms with Gasteiger partial charge in [-0.15, -0.1) is 0 Å². The Hall–Kier alpha value is -0.120. The van der Waals surface area contributed by atoms with Crippen LogP contribution >= 0.6 is 0 Å². The van der Waals surface area contributed by atoms with Crippen molar-refractivity contribution in [1.29, 1.82) is 0 Å². The summed E-state index contributed by atoms with van der Waals surface area (Å²) in [7, 11) is 1.82. The largest absolute Gasteiger partial charge is 0.384 e. The van der Waals surface area contributed by atoms with E-state index in [2.05, 4.69) is 31.0 Å². The summed E-state index contributed by atoms with van der Waals surface area (Å²) in [5.74, 6) is 1.55. The second kappa shape index (κ2) is 9.73.